The van der Waals surface area contributed by atoms with Crippen LogP contribution in [0.4, 0.5) is 0 Å². The van der Waals surface area contributed by atoms with Gasteiger partial charge in [0.2, 0.25) is 0 Å². The zero-order valence-corrected chi connectivity index (χ0v) is 17.4. The Labute approximate surface area is 172 Å². The molecule has 0 radical (unpaired) electrons. The summed E-state index contributed by atoms with van der Waals surface area (Å²) in [6.45, 7) is 2.12. The first-order valence-corrected chi connectivity index (χ1v) is 6.10. The van der Waals surface area contributed by atoms with Crippen molar-refractivity contribution in [3.8, 4) is 5.75 Å². The van der Waals surface area contributed by atoms with Crippen LogP contribution in [0.15, 0.2) is 48.5 Å². The van der Waals surface area contributed by atoms with Gasteiger partial charge in [-0.1, -0.05) is 42.0 Å². The normalized spacial score (nSPS) is 8.70. The molecule has 0 aliphatic heterocycles. The predicted molar refractivity (Wildman–Crippen MR) is 76.1 cm³/mol. The van der Waals surface area contributed by atoms with Gasteiger partial charge in [-0.3, -0.25) is 0 Å². The minimum Gasteiger partial charge on any atom is -1.00 e. The molecule has 2 aromatic carbocycles. The van der Waals surface area contributed by atoms with Crippen molar-refractivity contribution in [2.45, 2.75) is 6.92 Å². The van der Waals surface area contributed by atoms with Crippen LogP contribution in [-0.2, 0) is 0 Å². The molecule has 2 aromatic rings. The molecule has 98 valence electrons. The average molecular weight is 420 g/mol. The Balaban J connectivity index is -0.000000722. The molecule has 0 saturated heterocycles. The molecule has 0 saturated carbocycles. The van der Waals surface area contributed by atoms with Crippen molar-refractivity contribution < 1.29 is 57.6 Å². The molecule has 0 fully saturated rings. The van der Waals surface area contributed by atoms with Gasteiger partial charge in [-0.05, 0) is 19.1 Å². The number of methoxy groups -OCH3 is 1. The molecule has 0 N–H and O–H groups in total. The molecule has 6 heteroatoms. The molecule has 0 amide bonds. The van der Waals surface area contributed by atoms with Crippen LogP contribution < -0.4 is 68.2 Å². The minimum absolute atomic E-state index is 0. The second-order valence-electron chi connectivity index (χ2n) is 3.65. The Bertz CT molecular complexity index is 500. The summed E-state index contributed by atoms with van der Waals surface area (Å²) in [5, 5.41) is 2.57. The van der Waals surface area contributed by atoms with E-state index in [0.29, 0.717) is 0 Å². The fourth-order valence-corrected chi connectivity index (χ4v) is 2.61. The van der Waals surface area contributed by atoms with E-state index in [2.05, 4.69) is 43.3 Å². The van der Waals surface area contributed by atoms with Gasteiger partial charge >= 0.3 is 41.9 Å². The Morgan fingerprint density at radius 2 is 1.45 bits per heavy atom. The summed E-state index contributed by atoms with van der Waals surface area (Å²) < 4.78 is 5.21. The van der Waals surface area contributed by atoms with Crippen molar-refractivity contribution in [2.75, 3.05) is 7.11 Å². The number of benzene rings is 2. The number of hydrogen-bond donors (Lipinski definition) is 0. The van der Waals surface area contributed by atoms with Crippen molar-refractivity contribution in [1.82, 2.24) is 0 Å². The summed E-state index contributed by atoms with van der Waals surface area (Å²) in [6, 6.07) is 16.8. The maximum Gasteiger partial charge on any atom is 2.00 e. The van der Waals surface area contributed by atoms with Crippen LogP contribution in [0.3, 0.4) is 0 Å². The van der Waals surface area contributed by atoms with Crippen LogP contribution >= 0.6 is 8.58 Å². The summed E-state index contributed by atoms with van der Waals surface area (Å²) in [5.74, 6) is 0.914. The predicted octanol–water partition coefficient (Wildman–Crippen LogP) is -6.47. The van der Waals surface area contributed by atoms with E-state index in [9.17, 15) is 0 Å². The molecule has 0 atom stereocenters. The van der Waals surface area contributed by atoms with Gasteiger partial charge in [0.05, 0.1) is 7.11 Å². The maximum atomic E-state index is 5.21. The van der Waals surface area contributed by atoms with E-state index in [4.69, 9.17) is 4.74 Å². The largest absolute Gasteiger partial charge is 2.00 e. The Morgan fingerprint density at radius 3 is 2.00 bits per heavy atom. The van der Waals surface area contributed by atoms with Crippen molar-refractivity contribution in [3.05, 3.63) is 54.1 Å². The fraction of sp³-hybridized carbons (Fsp3) is 0.143. The van der Waals surface area contributed by atoms with Gasteiger partial charge in [-0.25, -0.2) is 0 Å². The molecular formula is C14H14Br2LiMgOP. The molecule has 2 rings (SSSR count). The maximum absolute atomic E-state index is 5.21. The summed E-state index contributed by atoms with van der Waals surface area (Å²) in [6.07, 6.45) is 0. The Hall–Kier alpha value is 0.994. The molecule has 0 aliphatic carbocycles. The standard InChI is InChI=1S/C14H14OP.2BrH.Li.Mg/c1-11-5-3-7-13(9-11)16-14-8-4-6-12(10-14)15-2;;;;/h3-10H,1-2H3;2*1H;;/q-1;;;+1;+2/p-2. The molecule has 0 heterocycles. The second kappa shape index (κ2) is 13.6. The molecular weight excluding hydrogens is 406 g/mol. The Kier molecular flexibility index (Phi) is 17.7. The van der Waals surface area contributed by atoms with E-state index < -0.39 is 0 Å². The third-order valence-corrected chi connectivity index (χ3v) is 3.39. The second-order valence-corrected chi connectivity index (χ2v) is 4.91. The molecule has 0 aromatic heterocycles. The average Bonchev–Trinajstić information content (AvgIpc) is 2.29. The van der Waals surface area contributed by atoms with Gasteiger partial charge in [-0.2, -0.15) is 10.6 Å². The van der Waals surface area contributed by atoms with Crippen molar-refractivity contribution in [2.24, 2.45) is 0 Å². The molecule has 0 bridgehead atoms. The van der Waals surface area contributed by atoms with Gasteiger partial charge in [0.1, 0.15) is 5.75 Å². The van der Waals surface area contributed by atoms with Gasteiger partial charge in [0, 0.05) is 0 Å². The van der Waals surface area contributed by atoms with Crippen LogP contribution in [0.1, 0.15) is 5.56 Å². The zero-order valence-electron chi connectivity index (χ0n) is 11.9. The van der Waals surface area contributed by atoms with Crippen LogP contribution in [0.25, 0.3) is 0 Å². The van der Waals surface area contributed by atoms with Crippen molar-refractivity contribution >= 4 is 42.2 Å². The quantitative estimate of drug-likeness (QED) is 0.355. The van der Waals surface area contributed by atoms with Crippen LogP contribution in [0.5, 0.6) is 5.75 Å². The number of hydrogen-bond acceptors (Lipinski definition) is 1. The zero-order chi connectivity index (χ0) is 11.4. The topological polar surface area (TPSA) is 9.23 Å². The monoisotopic (exact) mass is 418 g/mol. The summed E-state index contributed by atoms with van der Waals surface area (Å²) in [7, 11) is 2.92. The minimum atomic E-state index is 0. The fourth-order valence-electron chi connectivity index (χ4n) is 1.53. The summed E-state index contributed by atoms with van der Waals surface area (Å²) >= 11 is 0. The van der Waals surface area contributed by atoms with E-state index in [0.717, 1.165) is 5.75 Å². The SMILES string of the molecule is COc1cccc([P-]c2cccc(C)c2)c1.[Br-].[Br-].[Li+].[Mg+2]. The molecule has 20 heavy (non-hydrogen) atoms. The van der Waals surface area contributed by atoms with E-state index in [1.165, 1.54) is 24.8 Å². The van der Waals surface area contributed by atoms with Crippen LogP contribution in [0, 0.1) is 6.92 Å². The molecule has 1 nitrogen and oxygen atoms in total. The van der Waals surface area contributed by atoms with Crippen molar-refractivity contribution in [3.63, 3.8) is 0 Å². The van der Waals surface area contributed by atoms with Gasteiger partial charge < -0.3 is 47.3 Å². The first kappa shape index (κ1) is 25.9. The smallest absolute Gasteiger partial charge is 1.00 e. The van der Waals surface area contributed by atoms with E-state index in [-0.39, 0.29) is 75.9 Å². The van der Waals surface area contributed by atoms with Gasteiger partial charge in [-0.15, -0.1) is 0 Å². The first-order valence-electron chi connectivity index (χ1n) is 5.20. The molecule has 0 aliphatic rings. The van der Waals surface area contributed by atoms with Crippen molar-refractivity contribution in [1.29, 1.82) is 0 Å². The Morgan fingerprint density at radius 1 is 0.900 bits per heavy atom. The van der Waals surface area contributed by atoms with Gasteiger partial charge in [0.15, 0.2) is 0 Å². The van der Waals surface area contributed by atoms with E-state index in [1.54, 1.807) is 7.11 Å². The number of halogens is 2. The molecule has 0 spiro atoms. The summed E-state index contributed by atoms with van der Waals surface area (Å²) in [4.78, 5) is 0. The number of aryl methyl sites for hydroxylation is 1. The van der Waals surface area contributed by atoms with E-state index in [1.807, 2.05) is 12.1 Å². The first-order chi connectivity index (χ1) is 7.78. The number of ether oxygens (including phenoxy) is 1. The number of rotatable bonds is 3. The third-order valence-electron chi connectivity index (χ3n) is 2.31. The molecule has 0 unspecified atom stereocenters. The van der Waals surface area contributed by atoms with Crippen LogP contribution in [-0.4, -0.2) is 30.2 Å². The van der Waals surface area contributed by atoms with E-state index >= 15 is 0 Å². The van der Waals surface area contributed by atoms with Gasteiger partial charge in [0.25, 0.3) is 0 Å². The van der Waals surface area contributed by atoms with Crippen LogP contribution in [0.2, 0.25) is 0 Å². The third kappa shape index (κ3) is 8.44. The summed E-state index contributed by atoms with van der Waals surface area (Å²) in [5.41, 5.74) is 1.30.